The lowest BCUT2D eigenvalue weighted by molar-refractivity contribution is -0.138. The van der Waals surface area contributed by atoms with Crippen LogP contribution in [0.25, 0.3) is 0 Å². The molecule has 1 aliphatic heterocycles. The normalized spacial score (nSPS) is 15.8. The summed E-state index contributed by atoms with van der Waals surface area (Å²) in [4.78, 5) is 11.3. The molecular weight excluding hydrogens is 347 g/mol. The molecule has 27 heavy (non-hydrogen) atoms. The van der Waals surface area contributed by atoms with Crippen LogP contribution in [0.2, 0.25) is 0 Å². The SMILES string of the molecule is Cc1cc(OCc2cc(F)cc3c2OC(C)(C)C3)cc(C)c1C(C)C(=O)O. The Bertz CT molecular complexity index is 878. The summed E-state index contributed by atoms with van der Waals surface area (Å²) in [5.74, 6) is -0.412. The zero-order valence-electron chi connectivity index (χ0n) is 16.4. The molecule has 1 atom stereocenters. The molecule has 2 aromatic carbocycles. The number of fused-ring (bicyclic) bond motifs is 1. The lowest BCUT2D eigenvalue weighted by atomic mass is 9.92. The van der Waals surface area contributed by atoms with Gasteiger partial charge in [0, 0.05) is 17.5 Å². The monoisotopic (exact) mass is 372 g/mol. The van der Waals surface area contributed by atoms with Gasteiger partial charge in [0.15, 0.2) is 0 Å². The first-order chi connectivity index (χ1) is 12.6. The summed E-state index contributed by atoms with van der Waals surface area (Å²) in [6, 6.07) is 6.61. The zero-order chi connectivity index (χ0) is 19.9. The standard InChI is InChI=1S/C22H25FO4/c1-12-6-18(7-13(2)19(12)14(3)21(24)25)26-11-16-9-17(23)8-15-10-22(4,5)27-20(15)16/h6-9,14H,10-11H2,1-5H3,(H,24,25). The van der Waals surface area contributed by atoms with Crippen molar-refractivity contribution in [1.29, 1.82) is 0 Å². The molecule has 0 saturated heterocycles. The molecule has 0 aliphatic carbocycles. The van der Waals surface area contributed by atoms with Crippen molar-refractivity contribution in [2.45, 2.75) is 59.2 Å². The first-order valence-corrected chi connectivity index (χ1v) is 9.04. The fraction of sp³-hybridized carbons (Fsp3) is 0.409. The highest BCUT2D eigenvalue weighted by Crippen LogP contribution is 2.39. The largest absolute Gasteiger partial charge is 0.489 e. The average Bonchev–Trinajstić information content (AvgIpc) is 2.85. The summed E-state index contributed by atoms with van der Waals surface area (Å²) < 4.78 is 25.9. The number of ether oxygens (including phenoxy) is 2. The molecule has 0 saturated carbocycles. The van der Waals surface area contributed by atoms with Gasteiger partial charge >= 0.3 is 5.97 Å². The average molecular weight is 372 g/mol. The molecule has 0 spiro atoms. The molecule has 1 unspecified atom stereocenters. The van der Waals surface area contributed by atoms with E-state index < -0.39 is 11.9 Å². The van der Waals surface area contributed by atoms with E-state index in [0.717, 1.165) is 22.3 Å². The quantitative estimate of drug-likeness (QED) is 0.809. The second kappa shape index (κ2) is 6.87. The molecule has 4 nitrogen and oxygen atoms in total. The van der Waals surface area contributed by atoms with Gasteiger partial charge in [-0.3, -0.25) is 4.79 Å². The van der Waals surface area contributed by atoms with E-state index in [0.29, 0.717) is 23.5 Å². The van der Waals surface area contributed by atoms with Gasteiger partial charge in [0.1, 0.15) is 29.5 Å². The highest BCUT2D eigenvalue weighted by atomic mass is 19.1. The van der Waals surface area contributed by atoms with Crippen molar-refractivity contribution in [3.05, 3.63) is 57.9 Å². The summed E-state index contributed by atoms with van der Waals surface area (Å²) in [5, 5.41) is 9.28. The predicted octanol–water partition coefficient (Wildman–Crippen LogP) is 4.92. The predicted molar refractivity (Wildman–Crippen MR) is 101 cm³/mol. The minimum atomic E-state index is -0.857. The van der Waals surface area contributed by atoms with Gasteiger partial charge in [-0.25, -0.2) is 4.39 Å². The Morgan fingerprint density at radius 1 is 1.26 bits per heavy atom. The van der Waals surface area contributed by atoms with E-state index >= 15 is 0 Å². The van der Waals surface area contributed by atoms with E-state index in [1.165, 1.54) is 12.1 Å². The number of hydrogen-bond donors (Lipinski definition) is 1. The number of carboxylic acids is 1. The van der Waals surface area contributed by atoms with Crippen LogP contribution >= 0.6 is 0 Å². The zero-order valence-corrected chi connectivity index (χ0v) is 16.4. The van der Waals surface area contributed by atoms with Crippen LogP contribution in [0, 0.1) is 19.7 Å². The minimum absolute atomic E-state index is 0.183. The van der Waals surface area contributed by atoms with Gasteiger partial charge in [-0.15, -0.1) is 0 Å². The van der Waals surface area contributed by atoms with Gasteiger partial charge in [0.2, 0.25) is 0 Å². The molecule has 0 fully saturated rings. The number of hydrogen-bond acceptors (Lipinski definition) is 3. The van der Waals surface area contributed by atoms with Crippen LogP contribution in [0.5, 0.6) is 11.5 Å². The number of halogens is 1. The van der Waals surface area contributed by atoms with Crippen LogP contribution in [0.1, 0.15) is 54.5 Å². The Balaban J connectivity index is 1.84. The van der Waals surface area contributed by atoms with Crippen molar-refractivity contribution in [3.63, 3.8) is 0 Å². The summed E-state index contributed by atoms with van der Waals surface area (Å²) >= 11 is 0. The van der Waals surface area contributed by atoms with E-state index in [1.807, 2.05) is 39.8 Å². The summed E-state index contributed by atoms with van der Waals surface area (Å²) in [5.41, 5.74) is 3.70. The molecule has 1 heterocycles. The van der Waals surface area contributed by atoms with E-state index in [2.05, 4.69) is 0 Å². The van der Waals surface area contributed by atoms with Crippen molar-refractivity contribution in [2.75, 3.05) is 0 Å². The van der Waals surface area contributed by atoms with Crippen LogP contribution < -0.4 is 9.47 Å². The maximum Gasteiger partial charge on any atom is 0.310 e. The molecule has 0 radical (unpaired) electrons. The lowest BCUT2D eigenvalue weighted by Gasteiger charge is -2.19. The highest BCUT2D eigenvalue weighted by Gasteiger charge is 2.32. The van der Waals surface area contributed by atoms with Crippen LogP contribution in [-0.2, 0) is 17.8 Å². The van der Waals surface area contributed by atoms with Gasteiger partial charge in [0.05, 0.1) is 5.92 Å². The molecule has 3 rings (SSSR count). The molecule has 0 aromatic heterocycles. The van der Waals surface area contributed by atoms with Gasteiger partial charge in [-0.1, -0.05) is 0 Å². The third kappa shape index (κ3) is 3.92. The van der Waals surface area contributed by atoms with Gasteiger partial charge in [-0.05, 0) is 75.6 Å². The number of benzene rings is 2. The number of aliphatic carboxylic acids is 1. The van der Waals surface area contributed by atoms with E-state index in [9.17, 15) is 14.3 Å². The number of carbonyl (C=O) groups is 1. The van der Waals surface area contributed by atoms with E-state index in [1.54, 1.807) is 6.92 Å². The Morgan fingerprint density at radius 3 is 2.48 bits per heavy atom. The third-order valence-electron chi connectivity index (χ3n) is 4.97. The van der Waals surface area contributed by atoms with Gasteiger partial charge in [0.25, 0.3) is 0 Å². The fourth-order valence-corrected chi connectivity index (χ4v) is 3.84. The molecular formula is C22H25FO4. The molecule has 5 heteroatoms. The first kappa shape index (κ1) is 19.2. The van der Waals surface area contributed by atoms with Crippen LogP contribution in [0.3, 0.4) is 0 Å². The molecule has 1 aliphatic rings. The van der Waals surface area contributed by atoms with E-state index in [-0.39, 0.29) is 18.0 Å². The van der Waals surface area contributed by atoms with Crippen molar-refractivity contribution in [1.82, 2.24) is 0 Å². The third-order valence-corrected chi connectivity index (χ3v) is 4.97. The second-order valence-electron chi connectivity index (χ2n) is 7.91. The maximum atomic E-state index is 14.0. The maximum absolute atomic E-state index is 14.0. The molecule has 0 amide bonds. The molecule has 1 N–H and O–H groups in total. The van der Waals surface area contributed by atoms with Crippen LogP contribution in [0.15, 0.2) is 24.3 Å². The highest BCUT2D eigenvalue weighted by molar-refractivity contribution is 5.77. The van der Waals surface area contributed by atoms with Crippen molar-refractivity contribution in [2.24, 2.45) is 0 Å². The van der Waals surface area contributed by atoms with E-state index in [4.69, 9.17) is 9.47 Å². The Labute approximate surface area is 158 Å². The minimum Gasteiger partial charge on any atom is -0.489 e. The smallest absolute Gasteiger partial charge is 0.310 e. The first-order valence-electron chi connectivity index (χ1n) is 9.04. The van der Waals surface area contributed by atoms with Gasteiger partial charge in [-0.2, -0.15) is 0 Å². The van der Waals surface area contributed by atoms with Crippen molar-refractivity contribution < 1.29 is 23.8 Å². The number of aryl methyl sites for hydroxylation is 2. The lowest BCUT2D eigenvalue weighted by Crippen LogP contribution is -2.25. The summed E-state index contributed by atoms with van der Waals surface area (Å²) in [6.07, 6.45) is 0.660. The van der Waals surface area contributed by atoms with Gasteiger partial charge < -0.3 is 14.6 Å². The Kier molecular flexibility index (Phi) is 4.89. The van der Waals surface area contributed by atoms with Crippen LogP contribution in [-0.4, -0.2) is 16.7 Å². The molecule has 2 aromatic rings. The van der Waals surface area contributed by atoms with Crippen molar-refractivity contribution in [3.8, 4) is 11.5 Å². The topological polar surface area (TPSA) is 55.8 Å². The number of carboxylic acid groups (broad SMARTS) is 1. The fourth-order valence-electron chi connectivity index (χ4n) is 3.84. The molecule has 0 bridgehead atoms. The second-order valence-corrected chi connectivity index (χ2v) is 7.91. The summed E-state index contributed by atoms with van der Waals surface area (Å²) in [6.45, 7) is 9.56. The Hall–Kier alpha value is -2.56. The molecule has 144 valence electrons. The summed E-state index contributed by atoms with van der Waals surface area (Å²) in [7, 11) is 0. The van der Waals surface area contributed by atoms with Crippen molar-refractivity contribution >= 4 is 5.97 Å². The number of rotatable bonds is 5. The van der Waals surface area contributed by atoms with Crippen LogP contribution in [0.4, 0.5) is 4.39 Å². The Morgan fingerprint density at radius 2 is 1.89 bits per heavy atom.